The van der Waals surface area contributed by atoms with Gasteiger partial charge in [0.25, 0.3) is 0 Å². The molecule has 1 aliphatic rings. The first kappa shape index (κ1) is 21.5. The van der Waals surface area contributed by atoms with Crippen LogP contribution in [-0.4, -0.2) is 59.5 Å². The summed E-state index contributed by atoms with van der Waals surface area (Å²) in [6.07, 6.45) is 3.12. The zero-order chi connectivity index (χ0) is 21.3. The lowest BCUT2D eigenvalue weighted by Gasteiger charge is -2.33. The minimum atomic E-state index is -3.57. The molecule has 0 spiro atoms. The monoisotopic (exact) mass is 436 g/mol. The summed E-state index contributed by atoms with van der Waals surface area (Å²) >= 11 is 6.18. The molecule has 7 nitrogen and oxygen atoms in total. The molecule has 3 rings (SSSR count). The topological polar surface area (TPSA) is 75.5 Å². The van der Waals surface area contributed by atoms with E-state index >= 15 is 0 Å². The molecule has 1 amide bonds. The third-order valence-electron chi connectivity index (χ3n) is 5.09. The molecule has 2 aromatic rings. The third-order valence-corrected chi connectivity index (χ3v) is 7.59. The van der Waals surface area contributed by atoms with Gasteiger partial charge in [-0.1, -0.05) is 29.3 Å². The summed E-state index contributed by atoms with van der Waals surface area (Å²) in [5, 5.41) is 4.68. The Morgan fingerprint density at radius 2 is 1.79 bits per heavy atom. The van der Waals surface area contributed by atoms with Crippen LogP contribution < -0.4 is 0 Å². The summed E-state index contributed by atoms with van der Waals surface area (Å²) < 4.78 is 28.9. The van der Waals surface area contributed by atoms with Crippen LogP contribution in [0.25, 0.3) is 6.08 Å². The van der Waals surface area contributed by atoms with Gasteiger partial charge in [-0.3, -0.25) is 9.48 Å². The maximum absolute atomic E-state index is 13.0. The number of aromatic nitrogens is 2. The molecule has 0 unspecified atom stereocenters. The highest BCUT2D eigenvalue weighted by atomic mass is 35.5. The van der Waals surface area contributed by atoms with E-state index < -0.39 is 10.0 Å². The van der Waals surface area contributed by atoms with Crippen molar-refractivity contribution in [3.63, 3.8) is 0 Å². The number of sulfonamides is 1. The van der Waals surface area contributed by atoms with Gasteiger partial charge in [0.1, 0.15) is 5.15 Å². The van der Waals surface area contributed by atoms with E-state index in [4.69, 9.17) is 11.6 Å². The molecule has 1 aromatic heterocycles. The second-order valence-corrected chi connectivity index (χ2v) is 9.51. The fraction of sp³-hybridized carbons (Fsp3) is 0.400. The second kappa shape index (κ2) is 8.30. The Bertz CT molecular complexity index is 1070. The molecule has 2 heterocycles. The summed E-state index contributed by atoms with van der Waals surface area (Å²) in [6, 6.07) is 5.32. The molecule has 0 radical (unpaired) electrons. The van der Waals surface area contributed by atoms with Crippen molar-refractivity contribution < 1.29 is 13.2 Å². The van der Waals surface area contributed by atoms with Crippen molar-refractivity contribution in [2.75, 3.05) is 26.2 Å². The first-order valence-electron chi connectivity index (χ1n) is 9.34. The van der Waals surface area contributed by atoms with Gasteiger partial charge in [-0.15, -0.1) is 0 Å². The van der Waals surface area contributed by atoms with Crippen LogP contribution in [0, 0.1) is 20.8 Å². The minimum Gasteiger partial charge on any atom is -0.337 e. The van der Waals surface area contributed by atoms with E-state index in [1.807, 2.05) is 19.9 Å². The Hall–Kier alpha value is -2.16. The fourth-order valence-corrected chi connectivity index (χ4v) is 5.34. The molecule has 156 valence electrons. The first-order chi connectivity index (χ1) is 13.6. The maximum Gasteiger partial charge on any atom is 0.246 e. The molecule has 1 aliphatic heterocycles. The van der Waals surface area contributed by atoms with Gasteiger partial charge in [-0.25, -0.2) is 8.42 Å². The Balaban J connectivity index is 1.67. The summed E-state index contributed by atoms with van der Waals surface area (Å²) in [5.74, 6) is -0.173. The highest BCUT2D eigenvalue weighted by Crippen LogP contribution is 2.23. The number of carbonyl (C=O) groups is 1. The number of hydrogen-bond donors (Lipinski definition) is 0. The van der Waals surface area contributed by atoms with Crippen molar-refractivity contribution in [3.8, 4) is 0 Å². The summed E-state index contributed by atoms with van der Waals surface area (Å²) in [6.45, 7) is 6.77. The number of amides is 1. The molecule has 0 aliphatic carbocycles. The van der Waals surface area contributed by atoms with E-state index in [0.29, 0.717) is 28.7 Å². The molecule has 0 atom stereocenters. The Labute approximate surface area is 176 Å². The molecule has 1 saturated heterocycles. The predicted octanol–water partition coefficient (Wildman–Crippen LogP) is 2.55. The lowest BCUT2D eigenvalue weighted by Crippen LogP contribution is -2.50. The van der Waals surface area contributed by atoms with E-state index in [9.17, 15) is 13.2 Å². The molecule has 0 saturated carbocycles. The van der Waals surface area contributed by atoms with Crippen LogP contribution in [0.5, 0.6) is 0 Å². The SMILES string of the molecule is Cc1ccc(S(=O)(=O)N2CCN(C(=O)/C=C/c3c(C)nn(C)c3Cl)CC2)c(C)c1. The predicted molar refractivity (Wildman–Crippen MR) is 113 cm³/mol. The highest BCUT2D eigenvalue weighted by Gasteiger charge is 2.30. The number of rotatable bonds is 4. The van der Waals surface area contributed by atoms with E-state index in [2.05, 4.69) is 5.10 Å². The van der Waals surface area contributed by atoms with Crippen LogP contribution in [-0.2, 0) is 21.9 Å². The first-order valence-corrected chi connectivity index (χ1v) is 11.2. The fourth-order valence-electron chi connectivity index (χ4n) is 3.47. The molecule has 0 bridgehead atoms. The van der Waals surface area contributed by atoms with E-state index in [1.54, 1.807) is 41.8 Å². The lowest BCUT2D eigenvalue weighted by molar-refractivity contribution is -0.127. The molecular weight excluding hydrogens is 412 g/mol. The van der Waals surface area contributed by atoms with Crippen molar-refractivity contribution in [2.24, 2.45) is 7.05 Å². The quantitative estimate of drug-likeness (QED) is 0.690. The minimum absolute atomic E-state index is 0.173. The Morgan fingerprint density at radius 3 is 2.34 bits per heavy atom. The average molecular weight is 437 g/mol. The van der Waals surface area contributed by atoms with Crippen LogP contribution in [0.15, 0.2) is 29.2 Å². The second-order valence-electron chi connectivity index (χ2n) is 7.25. The van der Waals surface area contributed by atoms with Crippen molar-refractivity contribution >= 4 is 33.6 Å². The number of nitrogens with zero attached hydrogens (tertiary/aromatic N) is 4. The molecule has 9 heteroatoms. The molecule has 0 N–H and O–H groups in total. The number of carbonyl (C=O) groups excluding carboxylic acids is 1. The van der Waals surface area contributed by atoms with Crippen LogP contribution in [0.4, 0.5) is 0 Å². The maximum atomic E-state index is 13.0. The van der Waals surface area contributed by atoms with Crippen molar-refractivity contribution in [1.29, 1.82) is 0 Å². The van der Waals surface area contributed by atoms with E-state index in [-0.39, 0.29) is 19.0 Å². The smallest absolute Gasteiger partial charge is 0.246 e. The van der Waals surface area contributed by atoms with Crippen molar-refractivity contribution in [1.82, 2.24) is 19.0 Å². The molecule has 1 fully saturated rings. The number of halogens is 1. The van der Waals surface area contributed by atoms with Gasteiger partial charge in [-0.2, -0.15) is 9.40 Å². The lowest BCUT2D eigenvalue weighted by atomic mass is 10.2. The van der Waals surface area contributed by atoms with Gasteiger partial charge in [0.05, 0.1) is 10.6 Å². The van der Waals surface area contributed by atoms with Gasteiger partial charge >= 0.3 is 0 Å². The van der Waals surface area contributed by atoms with Crippen LogP contribution >= 0.6 is 11.6 Å². The summed E-state index contributed by atoms with van der Waals surface area (Å²) in [7, 11) is -1.83. The van der Waals surface area contributed by atoms with Crippen molar-refractivity contribution in [2.45, 2.75) is 25.7 Å². The van der Waals surface area contributed by atoms with Crippen LogP contribution in [0.2, 0.25) is 5.15 Å². The number of piperazine rings is 1. The van der Waals surface area contributed by atoms with Crippen LogP contribution in [0.1, 0.15) is 22.4 Å². The molecule has 1 aromatic carbocycles. The number of aryl methyl sites for hydroxylation is 4. The largest absolute Gasteiger partial charge is 0.337 e. The Morgan fingerprint density at radius 1 is 1.14 bits per heavy atom. The highest BCUT2D eigenvalue weighted by molar-refractivity contribution is 7.89. The van der Waals surface area contributed by atoms with Crippen molar-refractivity contribution in [3.05, 3.63) is 51.8 Å². The van der Waals surface area contributed by atoms with Gasteiger partial charge < -0.3 is 4.90 Å². The van der Waals surface area contributed by atoms with Crippen LogP contribution in [0.3, 0.4) is 0 Å². The molecule has 29 heavy (non-hydrogen) atoms. The third kappa shape index (κ3) is 4.39. The summed E-state index contributed by atoms with van der Waals surface area (Å²) in [4.78, 5) is 14.5. The Kier molecular flexibility index (Phi) is 6.16. The number of benzene rings is 1. The van der Waals surface area contributed by atoms with E-state index in [0.717, 1.165) is 16.8 Å². The zero-order valence-corrected chi connectivity index (χ0v) is 18.6. The summed E-state index contributed by atoms with van der Waals surface area (Å²) in [5.41, 5.74) is 3.20. The van der Waals surface area contributed by atoms with Gasteiger partial charge in [-0.05, 0) is 38.5 Å². The zero-order valence-electron chi connectivity index (χ0n) is 17.0. The van der Waals surface area contributed by atoms with Gasteiger partial charge in [0.15, 0.2) is 0 Å². The molecular formula is C20H25ClN4O3S. The van der Waals surface area contributed by atoms with Gasteiger partial charge in [0.2, 0.25) is 15.9 Å². The normalized spacial score (nSPS) is 16.0. The number of hydrogen-bond acceptors (Lipinski definition) is 4. The average Bonchev–Trinajstić information content (AvgIpc) is 2.91. The standard InChI is InChI=1S/C20H25ClN4O3S/c1-14-5-7-18(15(2)13-14)29(27,28)25-11-9-24(10-12-25)19(26)8-6-17-16(3)22-23(4)20(17)21/h5-8,13H,9-12H2,1-4H3/b8-6+. The van der Waals surface area contributed by atoms with Gasteiger partial charge in [0, 0.05) is 44.9 Å². The van der Waals surface area contributed by atoms with E-state index in [1.165, 1.54) is 10.4 Å².